The third-order valence-corrected chi connectivity index (χ3v) is 3.97. The molecule has 0 heterocycles. The highest BCUT2D eigenvalue weighted by Gasteiger charge is 2.17. The van der Waals surface area contributed by atoms with Gasteiger partial charge in [-0.1, -0.05) is 19.3 Å². The van der Waals surface area contributed by atoms with E-state index in [0.29, 0.717) is 6.04 Å². The van der Waals surface area contributed by atoms with Crippen molar-refractivity contribution in [3.05, 3.63) is 30.1 Å². The second-order valence-corrected chi connectivity index (χ2v) is 5.39. The van der Waals surface area contributed by atoms with Gasteiger partial charge >= 0.3 is 0 Å². The number of rotatable bonds is 3. The molecule has 2 rings (SSSR count). The molecule has 0 amide bonds. The Kier molecular flexibility index (Phi) is 5.14. The van der Waals surface area contributed by atoms with Gasteiger partial charge in [0, 0.05) is 18.3 Å². The SMILES string of the molecule is CCN(C(=S)NC1CCCCC1)c1ccc(F)cc1. The van der Waals surface area contributed by atoms with Crippen molar-refractivity contribution in [1.82, 2.24) is 5.32 Å². The number of thiocarbonyl (C=S) groups is 1. The first kappa shape index (κ1) is 14.3. The van der Waals surface area contributed by atoms with Crippen molar-refractivity contribution >= 4 is 23.0 Å². The molecule has 0 bridgehead atoms. The van der Waals surface area contributed by atoms with E-state index in [2.05, 4.69) is 12.2 Å². The van der Waals surface area contributed by atoms with Crippen LogP contribution in [0.2, 0.25) is 0 Å². The molecule has 1 saturated carbocycles. The number of nitrogens with zero attached hydrogens (tertiary/aromatic N) is 1. The molecule has 19 heavy (non-hydrogen) atoms. The molecule has 2 nitrogen and oxygen atoms in total. The molecule has 0 aromatic heterocycles. The highest BCUT2D eigenvalue weighted by molar-refractivity contribution is 7.80. The van der Waals surface area contributed by atoms with Crippen LogP contribution in [0.4, 0.5) is 10.1 Å². The molecular formula is C15H21FN2S. The first-order valence-electron chi connectivity index (χ1n) is 7.04. The monoisotopic (exact) mass is 280 g/mol. The Morgan fingerprint density at radius 3 is 2.47 bits per heavy atom. The van der Waals surface area contributed by atoms with Gasteiger partial charge in [0.05, 0.1) is 0 Å². The summed E-state index contributed by atoms with van der Waals surface area (Å²) in [6.07, 6.45) is 6.29. The summed E-state index contributed by atoms with van der Waals surface area (Å²) < 4.78 is 13.0. The maximum absolute atomic E-state index is 13.0. The molecule has 0 saturated heterocycles. The molecule has 1 fully saturated rings. The zero-order valence-electron chi connectivity index (χ0n) is 11.4. The van der Waals surface area contributed by atoms with Gasteiger partial charge in [0.15, 0.2) is 5.11 Å². The van der Waals surface area contributed by atoms with Crippen LogP contribution in [-0.4, -0.2) is 17.7 Å². The molecule has 0 aliphatic heterocycles. The Bertz CT molecular complexity index is 413. The van der Waals surface area contributed by atoms with Gasteiger partial charge in [0.1, 0.15) is 5.82 Å². The van der Waals surface area contributed by atoms with Gasteiger partial charge in [-0.15, -0.1) is 0 Å². The van der Waals surface area contributed by atoms with Gasteiger partial charge in [0.2, 0.25) is 0 Å². The molecule has 1 aliphatic carbocycles. The van der Waals surface area contributed by atoms with Gasteiger partial charge in [-0.25, -0.2) is 4.39 Å². The Morgan fingerprint density at radius 1 is 1.26 bits per heavy atom. The molecule has 104 valence electrons. The number of hydrogen-bond acceptors (Lipinski definition) is 1. The average molecular weight is 280 g/mol. The van der Waals surface area contributed by atoms with E-state index in [1.165, 1.54) is 44.2 Å². The predicted molar refractivity (Wildman–Crippen MR) is 82.0 cm³/mol. The van der Waals surface area contributed by atoms with Crippen LogP contribution in [0, 0.1) is 5.82 Å². The van der Waals surface area contributed by atoms with E-state index in [9.17, 15) is 4.39 Å². The zero-order chi connectivity index (χ0) is 13.7. The van der Waals surface area contributed by atoms with Crippen molar-refractivity contribution in [2.75, 3.05) is 11.4 Å². The molecule has 1 aromatic carbocycles. The van der Waals surface area contributed by atoms with Gasteiger partial charge in [0.25, 0.3) is 0 Å². The summed E-state index contributed by atoms with van der Waals surface area (Å²) in [5.41, 5.74) is 0.942. The van der Waals surface area contributed by atoms with Crippen LogP contribution >= 0.6 is 12.2 Å². The van der Waals surface area contributed by atoms with Crippen LogP contribution in [0.1, 0.15) is 39.0 Å². The van der Waals surface area contributed by atoms with E-state index in [-0.39, 0.29) is 5.82 Å². The topological polar surface area (TPSA) is 15.3 Å². The van der Waals surface area contributed by atoms with Crippen molar-refractivity contribution < 1.29 is 4.39 Å². The summed E-state index contributed by atoms with van der Waals surface area (Å²) in [5.74, 6) is -0.217. The zero-order valence-corrected chi connectivity index (χ0v) is 12.2. The number of hydrogen-bond donors (Lipinski definition) is 1. The van der Waals surface area contributed by atoms with E-state index >= 15 is 0 Å². The minimum absolute atomic E-state index is 0.217. The summed E-state index contributed by atoms with van der Waals surface area (Å²) in [6, 6.07) is 6.99. The Labute approximate surface area is 120 Å². The highest BCUT2D eigenvalue weighted by atomic mass is 32.1. The fourth-order valence-electron chi connectivity index (χ4n) is 2.56. The average Bonchev–Trinajstić information content (AvgIpc) is 2.43. The van der Waals surface area contributed by atoms with E-state index in [4.69, 9.17) is 12.2 Å². The van der Waals surface area contributed by atoms with Gasteiger partial charge < -0.3 is 10.2 Å². The Balaban J connectivity index is 2.00. The fourth-order valence-corrected chi connectivity index (χ4v) is 2.97. The minimum Gasteiger partial charge on any atom is -0.360 e. The van der Waals surface area contributed by atoms with E-state index in [1.807, 2.05) is 4.90 Å². The van der Waals surface area contributed by atoms with Gasteiger partial charge in [-0.3, -0.25) is 0 Å². The second kappa shape index (κ2) is 6.85. The van der Waals surface area contributed by atoms with Crippen molar-refractivity contribution in [2.45, 2.75) is 45.1 Å². The maximum atomic E-state index is 13.0. The van der Waals surface area contributed by atoms with Gasteiger partial charge in [-0.2, -0.15) is 0 Å². The normalized spacial score (nSPS) is 16.1. The lowest BCUT2D eigenvalue weighted by Crippen LogP contribution is -2.45. The molecule has 1 aromatic rings. The summed E-state index contributed by atoms with van der Waals surface area (Å²) in [5, 5.41) is 4.20. The van der Waals surface area contributed by atoms with E-state index in [0.717, 1.165) is 17.3 Å². The predicted octanol–water partition coefficient (Wildman–Crippen LogP) is 3.86. The van der Waals surface area contributed by atoms with Gasteiger partial charge in [-0.05, 0) is 56.2 Å². The Morgan fingerprint density at radius 2 is 1.89 bits per heavy atom. The number of halogens is 1. The Hall–Kier alpha value is -1.16. The standard InChI is InChI=1S/C15H21FN2S/c1-2-18(14-10-8-12(16)9-11-14)15(19)17-13-6-4-3-5-7-13/h8-11,13H,2-7H2,1H3,(H,17,19). The van der Waals surface area contributed by atoms with Crippen LogP contribution < -0.4 is 10.2 Å². The third-order valence-electron chi connectivity index (χ3n) is 3.63. The summed E-state index contributed by atoms with van der Waals surface area (Å²) in [6.45, 7) is 2.84. The second-order valence-electron chi connectivity index (χ2n) is 5.01. The number of nitrogens with one attached hydrogen (secondary N) is 1. The molecule has 1 aliphatic rings. The van der Waals surface area contributed by atoms with Crippen molar-refractivity contribution in [3.63, 3.8) is 0 Å². The van der Waals surface area contributed by atoms with E-state index < -0.39 is 0 Å². The quantitative estimate of drug-likeness (QED) is 0.846. The minimum atomic E-state index is -0.217. The number of benzene rings is 1. The summed E-state index contributed by atoms with van der Waals surface area (Å²) in [4.78, 5) is 2.02. The molecule has 0 radical (unpaired) electrons. The summed E-state index contributed by atoms with van der Waals surface area (Å²) >= 11 is 5.49. The molecule has 4 heteroatoms. The first-order chi connectivity index (χ1) is 9.20. The van der Waals surface area contributed by atoms with Crippen molar-refractivity contribution in [2.24, 2.45) is 0 Å². The van der Waals surface area contributed by atoms with Crippen LogP contribution in [0.15, 0.2) is 24.3 Å². The van der Waals surface area contributed by atoms with Crippen LogP contribution in [0.25, 0.3) is 0 Å². The molecular weight excluding hydrogens is 259 g/mol. The highest BCUT2D eigenvalue weighted by Crippen LogP contribution is 2.19. The lowest BCUT2D eigenvalue weighted by Gasteiger charge is -2.30. The van der Waals surface area contributed by atoms with E-state index in [1.54, 1.807) is 12.1 Å². The third kappa shape index (κ3) is 3.90. The van der Waals surface area contributed by atoms with Crippen LogP contribution in [-0.2, 0) is 0 Å². The molecule has 0 unspecified atom stereocenters. The molecule has 1 N–H and O–H groups in total. The smallest absolute Gasteiger partial charge is 0.173 e. The van der Waals surface area contributed by atoms with Crippen molar-refractivity contribution in [1.29, 1.82) is 0 Å². The largest absolute Gasteiger partial charge is 0.360 e. The lowest BCUT2D eigenvalue weighted by atomic mass is 9.96. The molecule has 0 spiro atoms. The van der Waals surface area contributed by atoms with Crippen LogP contribution in [0.5, 0.6) is 0 Å². The first-order valence-corrected chi connectivity index (χ1v) is 7.45. The van der Waals surface area contributed by atoms with Crippen molar-refractivity contribution in [3.8, 4) is 0 Å². The molecule has 0 atom stereocenters. The lowest BCUT2D eigenvalue weighted by molar-refractivity contribution is 0.413. The summed E-state index contributed by atoms with van der Waals surface area (Å²) in [7, 11) is 0. The maximum Gasteiger partial charge on any atom is 0.173 e. The fraction of sp³-hybridized carbons (Fsp3) is 0.533. The van der Waals surface area contributed by atoms with Crippen LogP contribution in [0.3, 0.4) is 0 Å². The number of anilines is 1.